The van der Waals surface area contributed by atoms with E-state index in [1.807, 2.05) is 62.4 Å². The molecule has 0 aromatic heterocycles. The van der Waals surface area contributed by atoms with E-state index in [4.69, 9.17) is 0 Å². The normalized spacial score (nSPS) is 11.7. The summed E-state index contributed by atoms with van der Waals surface area (Å²) < 4.78 is 0.953. The highest BCUT2D eigenvalue weighted by Gasteiger charge is 2.26. The van der Waals surface area contributed by atoms with Crippen molar-refractivity contribution in [2.45, 2.75) is 44.7 Å². The number of carbonyl (C=O) groups excluding carboxylic acids is 2. The number of aryl methyl sites for hydroxylation is 1. The van der Waals surface area contributed by atoms with Gasteiger partial charge in [0, 0.05) is 22.5 Å². The molecule has 4 nitrogen and oxygen atoms in total. The summed E-state index contributed by atoms with van der Waals surface area (Å²) in [5.41, 5.74) is 2.17. The van der Waals surface area contributed by atoms with Crippen LogP contribution in [0.15, 0.2) is 57.9 Å². The molecule has 150 valence electrons. The average Bonchev–Trinajstić information content (AvgIpc) is 2.69. The predicted octanol–water partition coefficient (Wildman–Crippen LogP) is 4.79. The van der Waals surface area contributed by atoms with Crippen LogP contribution in [0.3, 0.4) is 0 Å². The fourth-order valence-corrected chi connectivity index (χ4v) is 3.90. The summed E-state index contributed by atoms with van der Waals surface area (Å²) in [5.74, 6) is 0.123. The van der Waals surface area contributed by atoms with Crippen molar-refractivity contribution in [2.24, 2.45) is 0 Å². The van der Waals surface area contributed by atoms with Crippen LogP contribution in [0.5, 0.6) is 0 Å². The maximum Gasteiger partial charge on any atom is 0.242 e. The molecule has 2 aromatic carbocycles. The number of rotatable bonds is 9. The minimum absolute atomic E-state index is 0.0512. The molecule has 0 aliphatic rings. The summed E-state index contributed by atoms with van der Waals surface area (Å²) in [6.07, 6.45) is 0.862. The van der Waals surface area contributed by atoms with Crippen LogP contribution in [-0.2, 0) is 16.1 Å². The topological polar surface area (TPSA) is 49.4 Å². The zero-order valence-electron chi connectivity index (χ0n) is 16.6. The lowest BCUT2D eigenvalue weighted by Crippen LogP contribution is -2.48. The van der Waals surface area contributed by atoms with Gasteiger partial charge in [-0.3, -0.25) is 9.59 Å². The molecule has 1 atom stereocenters. The summed E-state index contributed by atoms with van der Waals surface area (Å²) in [6.45, 7) is 6.84. The molecule has 0 bridgehead atoms. The van der Waals surface area contributed by atoms with Gasteiger partial charge in [-0.15, -0.1) is 11.8 Å². The van der Waals surface area contributed by atoms with Crippen LogP contribution in [0.25, 0.3) is 0 Å². The van der Waals surface area contributed by atoms with Crippen molar-refractivity contribution in [2.75, 3.05) is 12.3 Å². The number of hydrogen-bond acceptors (Lipinski definition) is 3. The van der Waals surface area contributed by atoms with Crippen LogP contribution in [0.2, 0.25) is 0 Å². The van der Waals surface area contributed by atoms with E-state index in [1.54, 1.807) is 11.8 Å². The maximum atomic E-state index is 13.0. The molecule has 0 saturated carbocycles. The first kappa shape index (κ1) is 22.5. The summed E-state index contributed by atoms with van der Waals surface area (Å²) in [6, 6.07) is 15.4. The van der Waals surface area contributed by atoms with Crippen LogP contribution in [0.4, 0.5) is 0 Å². The van der Waals surface area contributed by atoms with E-state index < -0.39 is 6.04 Å². The van der Waals surface area contributed by atoms with Crippen LogP contribution < -0.4 is 5.32 Å². The van der Waals surface area contributed by atoms with Gasteiger partial charge >= 0.3 is 0 Å². The first-order valence-electron chi connectivity index (χ1n) is 9.41. The summed E-state index contributed by atoms with van der Waals surface area (Å²) in [4.78, 5) is 28.2. The molecule has 0 radical (unpaired) electrons. The van der Waals surface area contributed by atoms with Crippen molar-refractivity contribution >= 4 is 39.5 Å². The predicted molar refractivity (Wildman–Crippen MR) is 119 cm³/mol. The minimum atomic E-state index is -0.531. The van der Waals surface area contributed by atoms with Gasteiger partial charge in [-0.1, -0.05) is 52.7 Å². The second-order valence-electron chi connectivity index (χ2n) is 6.72. The van der Waals surface area contributed by atoms with E-state index in [9.17, 15) is 9.59 Å². The molecule has 2 rings (SSSR count). The number of nitrogens with zero attached hydrogens (tertiary/aromatic N) is 1. The Labute approximate surface area is 180 Å². The van der Waals surface area contributed by atoms with Crippen molar-refractivity contribution in [3.8, 4) is 0 Å². The second-order valence-corrected chi connectivity index (χ2v) is 8.68. The molecule has 0 aliphatic carbocycles. The van der Waals surface area contributed by atoms with E-state index in [0.717, 1.165) is 21.4 Å². The summed E-state index contributed by atoms with van der Waals surface area (Å²) in [7, 11) is 0. The molecule has 0 fully saturated rings. The Hall–Kier alpha value is -1.79. The van der Waals surface area contributed by atoms with E-state index in [-0.39, 0.29) is 11.8 Å². The molecular weight excluding hydrogens is 436 g/mol. The molecule has 2 amide bonds. The maximum absolute atomic E-state index is 13.0. The molecule has 0 saturated heterocycles. The zero-order valence-corrected chi connectivity index (χ0v) is 19.0. The number of thioether (sulfide) groups is 1. The highest BCUT2D eigenvalue weighted by Crippen LogP contribution is 2.21. The van der Waals surface area contributed by atoms with Crippen molar-refractivity contribution in [3.05, 3.63) is 64.1 Å². The number of carbonyl (C=O) groups is 2. The molecule has 6 heteroatoms. The Balaban J connectivity index is 2.12. The van der Waals surface area contributed by atoms with Crippen LogP contribution in [0.1, 0.15) is 31.4 Å². The van der Waals surface area contributed by atoms with Gasteiger partial charge in [0.2, 0.25) is 11.8 Å². The van der Waals surface area contributed by atoms with E-state index in [0.29, 0.717) is 18.8 Å². The van der Waals surface area contributed by atoms with Crippen LogP contribution >= 0.6 is 27.7 Å². The third kappa shape index (κ3) is 6.99. The van der Waals surface area contributed by atoms with Gasteiger partial charge < -0.3 is 10.2 Å². The number of amides is 2. The van der Waals surface area contributed by atoms with Crippen LogP contribution in [-0.4, -0.2) is 35.1 Å². The molecule has 0 spiro atoms. The third-order valence-corrected chi connectivity index (χ3v) is 5.83. The van der Waals surface area contributed by atoms with E-state index in [2.05, 4.69) is 21.2 Å². The highest BCUT2D eigenvalue weighted by molar-refractivity contribution is 9.10. The molecule has 1 unspecified atom stereocenters. The Morgan fingerprint density at radius 1 is 1.18 bits per heavy atom. The zero-order chi connectivity index (χ0) is 20.5. The molecule has 1 N–H and O–H groups in total. The van der Waals surface area contributed by atoms with Gasteiger partial charge in [0.25, 0.3) is 0 Å². The van der Waals surface area contributed by atoms with Gasteiger partial charge in [-0.25, -0.2) is 0 Å². The first-order valence-corrected chi connectivity index (χ1v) is 11.2. The smallest absolute Gasteiger partial charge is 0.242 e. The number of nitrogens with one attached hydrogen (secondary N) is 1. The Kier molecular flexibility index (Phi) is 9.06. The summed E-state index contributed by atoms with van der Waals surface area (Å²) >= 11 is 4.96. The third-order valence-electron chi connectivity index (χ3n) is 4.34. The fraction of sp³-hybridized carbons (Fsp3) is 0.364. The summed E-state index contributed by atoms with van der Waals surface area (Å²) in [5, 5.41) is 2.90. The Morgan fingerprint density at radius 2 is 1.89 bits per heavy atom. The SMILES string of the molecule is CCCNC(=O)C(C)N(Cc1cccc(Br)c1)C(=O)CSc1ccc(C)cc1. The van der Waals surface area contributed by atoms with Crippen LogP contribution in [0, 0.1) is 6.92 Å². The molecule has 0 aliphatic heterocycles. The lowest BCUT2D eigenvalue weighted by atomic mass is 10.1. The monoisotopic (exact) mass is 462 g/mol. The van der Waals surface area contributed by atoms with Gasteiger partial charge in [0.1, 0.15) is 6.04 Å². The van der Waals surface area contributed by atoms with E-state index in [1.165, 1.54) is 17.3 Å². The second kappa shape index (κ2) is 11.3. The number of benzene rings is 2. The fourth-order valence-electron chi connectivity index (χ4n) is 2.67. The largest absolute Gasteiger partial charge is 0.354 e. The number of halogens is 1. The Morgan fingerprint density at radius 3 is 2.54 bits per heavy atom. The average molecular weight is 463 g/mol. The van der Waals surface area contributed by atoms with Crippen molar-refractivity contribution in [1.82, 2.24) is 10.2 Å². The lowest BCUT2D eigenvalue weighted by molar-refractivity contribution is -0.138. The molecule has 2 aromatic rings. The standard InChI is InChI=1S/C22H27BrN2O2S/c1-4-12-24-22(27)17(3)25(14-18-6-5-7-19(23)13-18)21(26)15-28-20-10-8-16(2)9-11-20/h5-11,13,17H,4,12,14-15H2,1-3H3,(H,24,27). The van der Waals surface area contributed by atoms with Crippen molar-refractivity contribution in [3.63, 3.8) is 0 Å². The van der Waals surface area contributed by atoms with Gasteiger partial charge in [-0.2, -0.15) is 0 Å². The molecule has 28 heavy (non-hydrogen) atoms. The lowest BCUT2D eigenvalue weighted by Gasteiger charge is -2.28. The van der Waals surface area contributed by atoms with Crippen molar-refractivity contribution in [1.29, 1.82) is 0 Å². The number of hydrogen-bond donors (Lipinski definition) is 1. The van der Waals surface area contributed by atoms with Gasteiger partial charge in [-0.05, 0) is 50.1 Å². The van der Waals surface area contributed by atoms with Crippen molar-refractivity contribution < 1.29 is 9.59 Å². The Bertz CT molecular complexity index is 795. The van der Waals surface area contributed by atoms with Gasteiger partial charge in [0.05, 0.1) is 5.75 Å². The quantitative estimate of drug-likeness (QED) is 0.544. The molecular formula is C22H27BrN2O2S. The van der Waals surface area contributed by atoms with Gasteiger partial charge in [0.15, 0.2) is 0 Å². The first-order chi connectivity index (χ1) is 13.4. The molecule has 0 heterocycles. The highest BCUT2D eigenvalue weighted by atomic mass is 79.9. The minimum Gasteiger partial charge on any atom is -0.354 e. The van der Waals surface area contributed by atoms with E-state index >= 15 is 0 Å².